The molecule has 0 amide bonds. The Morgan fingerprint density at radius 2 is 1.96 bits per heavy atom. The molecule has 4 rings (SSSR count). The number of ether oxygens (including phenoxy) is 1. The van der Waals surface area contributed by atoms with E-state index in [1.165, 1.54) is 0 Å². The minimum atomic E-state index is 0.745. The van der Waals surface area contributed by atoms with Gasteiger partial charge in [0.05, 0.1) is 24.9 Å². The highest BCUT2D eigenvalue weighted by Crippen LogP contribution is 2.29. The quantitative estimate of drug-likeness (QED) is 0.787. The molecule has 0 radical (unpaired) electrons. The Bertz CT molecular complexity index is 851. The molecule has 0 saturated carbocycles. The zero-order valence-electron chi connectivity index (χ0n) is 13.3. The summed E-state index contributed by atoms with van der Waals surface area (Å²) in [6.45, 7) is 7.35. The molecule has 1 N–H and O–H groups in total. The lowest BCUT2D eigenvalue weighted by Crippen LogP contribution is -2.37. The van der Waals surface area contributed by atoms with Gasteiger partial charge in [-0.25, -0.2) is 9.97 Å². The highest BCUT2D eigenvalue weighted by molar-refractivity contribution is 5.92. The molecule has 3 aromatic rings. The number of H-pyrrole nitrogens is 1. The van der Waals surface area contributed by atoms with Crippen molar-refractivity contribution in [3.05, 3.63) is 35.7 Å². The number of morpholine rings is 1. The summed E-state index contributed by atoms with van der Waals surface area (Å²) in [6.07, 6.45) is 1.83. The van der Waals surface area contributed by atoms with Gasteiger partial charge in [-0.1, -0.05) is 12.1 Å². The van der Waals surface area contributed by atoms with E-state index in [2.05, 4.69) is 22.0 Å². The van der Waals surface area contributed by atoms with Crippen LogP contribution >= 0.6 is 0 Å². The molecule has 1 aliphatic rings. The number of aryl methyl sites for hydroxylation is 1. The third-order valence-corrected chi connectivity index (χ3v) is 4.40. The number of hydrogen-bond acceptors (Lipinski definition) is 5. The summed E-state index contributed by atoms with van der Waals surface area (Å²) in [5, 5.41) is 8.18. The fourth-order valence-corrected chi connectivity index (χ4v) is 2.98. The number of nitrogens with one attached hydrogen (secondary N) is 1. The number of anilines is 1. The fraction of sp³-hybridized carbons (Fsp3) is 0.353. The second-order valence-corrected chi connectivity index (χ2v) is 5.82. The Labute approximate surface area is 134 Å². The molecule has 118 valence electrons. The summed E-state index contributed by atoms with van der Waals surface area (Å²) >= 11 is 0. The van der Waals surface area contributed by atoms with Crippen molar-refractivity contribution in [3.63, 3.8) is 0 Å². The fourth-order valence-electron chi connectivity index (χ4n) is 2.98. The topological polar surface area (TPSA) is 66.9 Å². The summed E-state index contributed by atoms with van der Waals surface area (Å²) in [4.78, 5) is 11.9. The van der Waals surface area contributed by atoms with Crippen LogP contribution in [-0.2, 0) is 4.74 Å². The molecular weight excluding hydrogens is 290 g/mol. The van der Waals surface area contributed by atoms with Gasteiger partial charge in [-0.2, -0.15) is 5.10 Å². The van der Waals surface area contributed by atoms with Gasteiger partial charge in [0.15, 0.2) is 5.82 Å². The molecule has 0 aliphatic carbocycles. The van der Waals surface area contributed by atoms with E-state index in [1.54, 1.807) is 0 Å². The molecule has 1 fully saturated rings. The molecule has 23 heavy (non-hydrogen) atoms. The number of aromatic amines is 1. The average Bonchev–Trinajstić information content (AvgIpc) is 3.06. The zero-order valence-corrected chi connectivity index (χ0v) is 13.3. The van der Waals surface area contributed by atoms with Crippen LogP contribution in [0.3, 0.4) is 0 Å². The van der Waals surface area contributed by atoms with E-state index >= 15 is 0 Å². The summed E-state index contributed by atoms with van der Waals surface area (Å²) in [5.74, 6) is 1.76. The van der Waals surface area contributed by atoms with Gasteiger partial charge >= 0.3 is 0 Å². The number of fused-ring (bicyclic) bond motifs is 1. The molecule has 6 nitrogen and oxygen atoms in total. The van der Waals surface area contributed by atoms with Crippen molar-refractivity contribution in [1.82, 2.24) is 20.2 Å². The van der Waals surface area contributed by atoms with E-state index in [-0.39, 0.29) is 0 Å². The summed E-state index contributed by atoms with van der Waals surface area (Å²) in [5.41, 5.74) is 4.15. The standard InChI is InChI=1S/C17H19N5O/c1-11-12(2)19-16(20-17(11)22-6-8-23-9-7-22)13-4-3-5-15-14(13)10-18-21-15/h3-5,10H,6-9H2,1-2H3,(H,18,21). The maximum Gasteiger partial charge on any atom is 0.162 e. The third kappa shape index (κ3) is 2.45. The van der Waals surface area contributed by atoms with E-state index in [4.69, 9.17) is 14.7 Å². The molecule has 0 spiro atoms. The van der Waals surface area contributed by atoms with E-state index in [1.807, 2.05) is 31.3 Å². The van der Waals surface area contributed by atoms with Crippen molar-refractivity contribution in [1.29, 1.82) is 0 Å². The lowest BCUT2D eigenvalue weighted by molar-refractivity contribution is 0.122. The maximum absolute atomic E-state index is 5.46. The molecular formula is C17H19N5O. The number of aromatic nitrogens is 4. The van der Waals surface area contributed by atoms with Gasteiger partial charge in [-0.3, -0.25) is 5.10 Å². The minimum Gasteiger partial charge on any atom is -0.378 e. The van der Waals surface area contributed by atoms with Crippen LogP contribution in [0.5, 0.6) is 0 Å². The van der Waals surface area contributed by atoms with Gasteiger partial charge in [0.2, 0.25) is 0 Å². The summed E-state index contributed by atoms with van der Waals surface area (Å²) < 4.78 is 5.46. The third-order valence-electron chi connectivity index (χ3n) is 4.40. The Morgan fingerprint density at radius 3 is 2.78 bits per heavy atom. The zero-order chi connectivity index (χ0) is 15.8. The lowest BCUT2D eigenvalue weighted by Gasteiger charge is -2.29. The van der Waals surface area contributed by atoms with Gasteiger partial charge in [-0.05, 0) is 19.9 Å². The van der Waals surface area contributed by atoms with Crippen LogP contribution in [0.25, 0.3) is 22.3 Å². The first-order valence-electron chi connectivity index (χ1n) is 7.84. The van der Waals surface area contributed by atoms with Crippen molar-refractivity contribution < 1.29 is 4.74 Å². The van der Waals surface area contributed by atoms with Crippen molar-refractivity contribution in [2.75, 3.05) is 31.2 Å². The first-order valence-corrected chi connectivity index (χ1v) is 7.84. The Hall–Kier alpha value is -2.47. The SMILES string of the molecule is Cc1nc(-c2cccc3[nH]ncc23)nc(N2CCOCC2)c1C. The van der Waals surface area contributed by atoms with Crippen molar-refractivity contribution in [2.45, 2.75) is 13.8 Å². The van der Waals surface area contributed by atoms with E-state index in [9.17, 15) is 0 Å². The van der Waals surface area contributed by atoms with Gasteiger partial charge in [0.25, 0.3) is 0 Å². The van der Waals surface area contributed by atoms with Crippen LogP contribution in [0.2, 0.25) is 0 Å². The molecule has 1 aromatic carbocycles. The van der Waals surface area contributed by atoms with E-state index in [0.29, 0.717) is 0 Å². The molecule has 1 aliphatic heterocycles. The van der Waals surface area contributed by atoms with Crippen LogP contribution in [-0.4, -0.2) is 46.5 Å². The van der Waals surface area contributed by atoms with Crippen LogP contribution in [0.15, 0.2) is 24.4 Å². The smallest absolute Gasteiger partial charge is 0.162 e. The van der Waals surface area contributed by atoms with Gasteiger partial charge < -0.3 is 9.64 Å². The van der Waals surface area contributed by atoms with Crippen LogP contribution in [0, 0.1) is 13.8 Å². The highest BCUT2D eigenvalue weighted by Gasteiger charge is 2.19. The first kappa shape index (κ1) is 14.1. The van der Waals surface area contributed by atoms with Crippen molar-refractivity contribution >= 4 is 16.7 Å². The molecule has 0 bridgehead atoms. The van der Waals surface area contributed by atoms with Crippen molar-refractivity contribution in [2.24, 2.45) is 0 Å². The second kappa shape index (κ2) is 5.62. The number of hydrogen-bond donors (Lipinski definition) is 1. The van der Waals surface area contributed by atoms with E-state index in [0.717, 1.165) is 65.7 Å². The van der Waals surface area contributed by atoms with Gasteiger partial charge in [0, 0.05) is 35.3 Å². The summed E-state index contributed by atoms with van der Waals surface area (Å²) in [6, 6.07) is 6.06. The van der Waals surface area contributed by atoms with Crippen LogP contribution < -0.4 is 4.90 Å². The molecule has 2 aromatic heterocycles. The molecule has 0 unspecified atom stereocenters. The largest absolute Gasteiger partial charge is 0.378 e. The molecule has 3 heterocycles. The first-order chi connectivity index (χ1) is 11.2. The Balaban J connectivity index is 1.86. The number of benzene rings is 1. The van der Waals surface area contributed by atoms with E-state index < -0.39 is 0 Å². The Morgan fingerprint density at radius 1 is 1.13 bits per heavy atom. The Kier molecular flexibility index (Phi) is 3.46. The van der Waals surface area contributed by atoms with Crippen LogP contribution in [0.4, 0.5) is 5.82 Å². The molecule has 0 atom stereocenters. The minimum absolute atomic E-state index is 0.745. The summed E-state index contributed by atoms with van der Waals surface area (Å²) in [7, 11) is 0. The number of nitrogens with zero attached hydrogens (tertiary/aromatic N) is 4. The lowest BCUT2D eigenvalue weighted by atomic mass is 10.1. The predicted octanol–water partition coefficient (Wildman–Crippen LogP) is 2.47. The van der Waals surface area contributed by atoms with Crippen molar-refractivity contribution in [3.8, 4) is 11.4 Å². The maximum atomic E-state index is 5.46. The van der Waals surface area contributed by atoms with Crippen LogP contribution in [0.1, 0.15) is 11.3 Å². The molecule has 6 heteroatoms. The van der Waals surface area contributed by atoms with Gasteiger partial charge in [-0.15, -0.1) is 0 Å². The van der Waals surface area contributed by atoms with Gasteiger partial charge in [0.1, 0.15) is 5.82 Å². The number of rotatable bonds is 2. The second-order valence-electron chi connectivity index (χ2n) is 5.82. The highest BCUT2D eigenvalue weighted by atomic mass is 16.5. The normalized spacial score (nSPS) is 15.3. The predicted molar refractivity (Wildman–Crippen MR) is 89.6 cm³/mol. The average molecular weight is 309 g/mol. The monoisotopic (exact) mass is 309 g/mol. The molecule has 1 saturated heterocycles.